The van der Waals surface area contributed by atoms with Gasteiger partial charge in [-0.25, -0.2) is 9.97 Å². The normalized spacial score (nSPS) is 10.2. The Morgan fingerprint density at radius 3 is 2.55 bits per heavy atom. The minimum Gasteiger partial charge on any atom is -0.363 e. The summed E-state index contributed by atoms with van der Waals surface area (Å²) < 4.78 is 0. The molecule has 0 spiro atoms. The standard InChI is InChI=1S/C15H18N4O/c1-11-9-14(19(2)3)18-13(17-11)10-16-15(20)12-7-5-4-6-8-12/h4-9H,10H2,1-3H3,(H,16,20). The largest absolute Gasteiger partial charge is 0.363 e. The van der Waals surface area contributed by atoms with Gasteiger partial charge in [-0.15, -0.1) is 0 Å². The highest BCUT2D eigenvalue weighted by Crippen LogP contribution is 2.09. The lowest BCUT2D eigenvalue weighted by Crippen LogP contribution is -2.24. The maximum Gasteiger partial charge on any atom is 0.251 e. The van der Waals surface area contributed by atoms with E-state index in [0.717, 1.165) is 11.5 Å². The quantitative estimate of drug-likeness (QED) is 0.920. The van der Waals surface area contributed by atoms with Crippen molar-refractivity contribution < 1.29 is 4.79 Å². The number of carbonyl (C=O) groups is 1. The Bertz CT molecular complexity index is 596. The van der Waals surface area contributed by atoms with E-state index < -0.39 is 0 Å². The van der Waals surface area contributed by atoms with Gasteiger partial charge in [0.15, 0.2) is 0 Å². The zero-order valence-electron chi connectivity index (χ0n) is 11.9. The van der Waals surface area contributed by atoms with Crippen LogP contribution < -0.4 is 10.2 Å². The van der Waals surface area contributed by atoms with Crippen LogP contribution in [-0.4, -0.2) is 30.0 Å². The second kappa shape index (κ2) is 6.14. The van der Waals surface area contributed by atoms with Crippen LogP contribution in [0.1, 0.15) is 21.9 Å². The van der Waals surface area contributed by atoms with Gasteiger partial charge in [-0.05, 0) is 19.1 Å². The highest BCUT2D eigenvalue weighted by molar-refractivity contribution is 5.93. The lowest BCUT2D eigenvalue weighted by Gasteiger charge is -2.13. The smallest absolute Gasteiger partial charge is 0.251 e. The molecule has 2 rings (SSSR count). The summed E-state index contributed by atoms with van der Waals surface area (Å²) in [5.41, 5.74) is 1.51. The summed E-state index contributed by atoms with van der Waals surface area (Å²) in [6, 6.07) is 11.0. The fourth-order valence-corrected chi connectivity index (χ4v) is 1.77. The summed E-state index contributed by atoms with van der Waals surface area (Å²) in [5, 5.41) is 2.83. The Kier molecular flexibility index (Phi) is 4.30. The number of benzene rings is 1. The van der Waals surface area contributed by atoms with Crippen molar-refractivity contribution >= 4 is 11.7 Å². The number of hydrogen-bond donors (Lipinski definition) is 1. The summed E-state index contributed by atoms with van der Waals surface area (Å²) >= 11 is 0. The first-order chi connectivity index (χ1) is 9.56. The molecule has 0 saturated heterocycles. The molecule has 20 heavy (non-hydrogen) atoms. The van der Waals surface area contributed by atoms with Crippen molar-refractivity contribution in [3.05, 3.63) is 53.5 Å². The summed E-state index contributed by atoms with van der Waals surface area (Å²) in [4.78, 5) is 22.6. The van der Waals surface area contributed by atoms with Crippen LogP contribution in [0.25, 0.3) is 0 Å². The fraction of sp³-hybridized carbons (Fsp3) is 0.267. The van der Waals surface area contributed by atoms with E-state index >= 15 is 0 Å². The SMILES string of the molecule is Cc1cc(N(C)C)nc(CNC(=O)c2ccccc2)n1. The van der Waals surface area contributed by atoms with Crippen molar-refractivity contribution in [1.29, 1.82) is 0 Å². The van der Waals surface area contributed by atoms with Crippen molar-refractivity contribution in [2.75, 3.05) is 19.0 Å². The third-order valence-corrected chi connectivity index (χ3v) is 2.79. The zero-order chi connectivity index (χ0) is 14.5. The van der Waals surface area contributed by atoms with Crippen molar-refractivity contribution in [3.8, 4) is 0 Å². The minimum atomic E-state index is -0.123. The molecule has 1 aromatic carbocycles. The van der Waals surface area contributed by atoms with Gasteiger partial charge in [0.1, 0.15) is 11.6 Å². The van der Waals surface area contributed by atoms with Gasteiger partial charge >= 0.3 is 0 Å². The average Bonchev–Trinajstić information content (AvgIpc) is 2.45. The molecule has 0 bridgehead atoms. The van der Waals surface area contributed by atoms with Crippen molar-refractivity contribution in [3.63, 3.8) is 0 Å². The molecular formula is C15H18N4O. The first kappa shape index (κ1) is 14.0. The van der Waals surface area contributed by atoms with Crippen LogP contribution >= 0.6 is 0 Å². The lowest BCUT2D eigenvalue weighted by molar-refractivity contribution is 0.0950. The molecule has 0 saturated carbocycles. The van der Waals surface area contributed by atoms with Crippen LogP contribution in [0.3, 0.4) is 0 Å². The van der Waals surface area contributed by atoms with Gasteiger partial charge in [0.25, 0.3) is 5.91 Å². The van der Waals surface area contributed by atoms with E-state index in [1.54, 1.807) is 12.1 Å². The van der Waals surface area contributed by atoms with Gasteiger partial charge in [0, 0.05) is 31.4 Å². The van der Waals surface area contributed by atoms with Crippen LogP contribution in [0.4, 0.5) is 5.82 Å². The van der Waals surface area contributed by atoms with Crippen LogP contribution in [0, 0.1) is 6.92 Å². The first-order valence-electron chi connectivity index (χ1n) is 6.41. The number of hydrogen-bond acceptors (Lipinski definition) is 4. The summed E-state index contributed by atoms with van der Waals surface area (Å²) in [7, 11) is 3.85. The molecule has 0 aliphatic heterocycles. The predicted octanol–water partition coefficient (Wildman–Crippen LogP) is 1.78. The van der Waals surface area contributed by atoms with E-state index in [9.17, 15) is 4.79 Å². The molecule has 1 N–H and O–H groups in total. The molecule has 1 amide bonds. The van der Waals surface area contributed by atoms with Gasteiger partial charge < -0.3 is 10.2 Å². The third-order valence-electron chi connectivity index (χ3n) is 2.79. The predicted molar refractivity (Wildman–Crippen MR) is 78.7 cm³/mol. The van der Waals surface area contributed by atoms with Gasteiger partial charge in [0.05, 0.1) is 6.54 Å². The van der Waals surface area contributed by atoms with Gasteiger partial charge in [-0.1, -0.05) is 18.2 Å². The van der Waals surface area contributed by atoms with E-state index in [1.807, 2.05) is 50.2 Å². The van der Waals surface area contributed by atoms with Crippen LogP contribution in [0.5, 0.6) is 0 Å². The number of anilines is 1. The van der Waals surface area contributed by atoms with Gasteiger partial charge in [-0.3, -0.25) is 4.79 Å². The summed E-state index contributed by atoms with van der Waals surface area (Å²) in [5.74, 6) is 1.32. The number of nitrogens with zero attached hydrogens (tertiary/aromatic N) is 3. The molecule has 0 aliphatic carbocycles. The molecule has 0 radical (unpaired) electrons. The monoisotopic (exact) mass is 270 g/mol. The van der Waals surface area contributed by atoms with Crippen molar-refractivity contribution in [1.82, 2.24) is 15.3 Å². The Morgan fingerprint density at radius 2 is 1.90 bits per heavy atom. The molecule has 5 heteroatoms. The third kappa shape index (κ3) is 3.54. The molecule has 0 atom stereocenters. The molecule has 0 aliphatic rings. The Labute approximate surface area is 118 Å². The van der Waals surface area contributed by atoms with Gasteiger partial charge in [-0.2, -0.15) is 0 Å². The summed E-state index contributed by atoms with van der Waals surface area (Å²) in [6.45, 7) is 2.23. The first-order valence-corrected chi connectivity index (χ1v) is 6.41. The van der Waals surface area contributed by atoms with Crippen molar-refractivity contribution in [2.24, 2.45) is 0 Å². The molecule has 1 heterocycles. The fourth-order valence-electron chi connectivity index (χ4n) is 1.77. The Morgan fingerprint density at radius 1 is 1.20 bits per heavy atom. The van der Waals surface area contributed by atoms with Crippen molar-refractivity contribution in [2.45, 2.75) is 13.5 Å². The highest BCUT2D eigenvalue weighted by atomic mass is 16.1. The number of aromatic nitrogens is 2. The zero-order valence-corrected chi connectivity index (χ0v) is 11.9. The number of carbonyl (C=O) groups excluding carboxylic acids is 1. The molecule has 0 fully saturated rings. The van der Waals surface area contributed by atoms with Crippen LogP contribution in [0.2, 0.25) is 0 Å². The van der Waals surface area contributed by atoms with Crippen LogP contribution in [0.15, 0.2) is 36.4 Å². The maximum absolute atomic E-state index is 11.9. The molecule has 0 unspecified atom stereocenters. The Hall–Kier alpha value is -2.43. The maximum atomic E-state index is 11.9. The van der Waals surface area contributed by atoms with Gasteiger partial charge in [0.2, 0.25) is 0 Å². The summed E-state index contributed by atoms with van der Waals surface area (Å²) in [6.07, 6.45) is 0. The topological polar surface area (TPSA) is 58.1 Å². The number of rotatable bonds is 4. The van der Waals surface area contributed by atoms with E-state index in [2.05, 4.69) is 15.3 Å². The number of nitrogens with one attached hydrogen (secondary N) is 1. The highest BCUT2D eigenvalue weighted by Gasteiger charge is 2.07. The molecule has 5 nitrogen and oxygen atoms in total. The Balaban J connectivity index is 2.06. The molecule has 104 valence electrons. The van der Waals surface area contributed by atoms with E-state index in [1.165, 1.54) is 0 Å². The van der Waals surface area contributed by atoms with E-state index in [0.29, 0.717) is 17.9 Å². The minimum absolute atomic E-state index is 0.123. The molecule has 2 aromatic rings. The second-order valence-corrected chi connectivity index (χ2v) is 4.73. The number of amides is 1. The average molecular weight is 270 g/mol. The molecular weight excluding hydrogens is 252 g/mol. The second-order valence-electron chi connectivity index (χ2n) is 4.73. The molecule has 1 aromatic heterocycles. The lowest BCUT2D eigenvalue weighted by atomic mass is 10.2. The van der Waals surface area contributed by atoms with E-state index in [-0.39, 0.29) is 5.91 Å². The number of aryl methyl sites for hydroxylation is 1. The van der Waals surface area contributed by atoms with E-state index in [4.69, 9.17) is 0 Å². The van der Waals surface area contributed by atoms with Crippen LogP contribution in [-0.2, 0) is 6.54 Å².